The molecule has 0 spiro atoms. The summed E-state index contributed by atoms with van der Waals surface area (Å²) in [6, 6.07) is 0. The summed E-state index contributed by atoms with van der Waals surface area (Å²) in [6.45, 7) is 2.86. The summed E-state index contributed by atoms with van der Waals surface area (Å²) in [4.78, 5) is 11.0. The van der Waals surface area contributed by atoms with Gasteiger partial charge in [-0.1, -0.05) is 39.0 Å². The Morgan fingerprint density at radius 3 is 2.59 bits per heavy atom. The Morgan fingerprint density at radius 2 is 1.88 bits per heavy atom. The first kappa shape index (κ1) is 14.0. The highest BCUT2D eigenvalue weighted by Gasteiger charge is 2.14. The van der Waals surface area contributed by atoms with Gasteiger partial charge in [-0.3, -0.25) is 4.79 Å². The Labute approximate surface area is 103 Å². The second-order valence-corrected chi connectivity index (χ2v) is 4.37. The van der Waals surface area contributed by atoms with Gasteiger partial charge in [0.15, 0.2) is 5.78 Å². The minimum absolute atomic E-state index is 0.281. The third-order valence-electron chi connectivity index (χ3n) is 2.79. The SMILES string of the molecule is CCCCCCCCOC1=CC(O)C(=O)C=C1. The van der Waals surface area contributed by atoms with Crippen molar-refractivity contribution in [3.05, 3.63) is 24.0 Å². The van der Waals surface area contributed by atoms with Crippen molar-refractivity contribution in [2.24, 2.45) is 0 Å². The van der Waals surface area contributed by atoms with Gasteiger partial charge in [0.2, 0.25) is 0 Å². The molecule has 0 radical (unpaired) electrons. The first-order chi connectivity index (χ1) is 8.24. The lowest BCUT2D eigenvalue weighted by atomic mass is 10.1. The van der Waals surface area contributed by atoms with E-state index in [1.165, 1.54) is 44.3 Å². The molecular formula is C14H22O3. The zero-order chi connectivity index (χ0) is 12.5. The van der Waals surface area contributed by atoms with Gasteiger partial charge >= 0.3 is 0 Å². The van der Waals surface area contributed by atoms with Gasteiger partial charge in [0.05, 0.1) is 6.61 Å². The molecule has 17 heavy (non-hydrogen) atoms. The van der Waals surface area contributed by atoms with Gasteiger partial charge in [-0.05, 0) is 24.6 Å². The lowest BCUT2D eigenvalue weighted by Gasteiger charge is -2.12. The number of hydrogen-bond donors (Lipinski definition) is 1. The Bertz CT molecular complexity index is 292. The van der Waals surface area contributed by atoms with Crippen LogP contribution < -0.4 is 0 Å². The van der Waals surface area contributed by atoms with Crippen LogP contribution in [0.3, 0.4) is 0 Å². The molecule has 0 aromatic carbocycles. The summed E-state index contributed by atoms with van der Waals surface area (Å²) in [5.74, 6) is 0.322. The maximum absolute atomic E-state index is 11.0. The summed E-state index contributed by atoms with van der Waals surface area (Å²) < 4.78 is 5.47. The van der Waals surface area contributed by atoms with E-state index in [1.807, 2.05) is 0 Å². The minimum atomic E-state index is -1.03. The molecule has 0 aliphatic heterocycles. The van der Waals surface area contributed by atoms with Crippen molar-refractivity contribution >= 4 is 5.78 Å². The lowest BCUT2D eigenvalue weighted by Crippen LogP contribution is -2.19. The van der Waals surface area contributed by atoms with Gasteiger partial charge in [-0.25, -0.2) is 0 Å². The van der Waals surface area contributed by atoms with Crippen LogP contribution in [0.2, 0.25) is 0 Å². The number of ether oxygens (including phenoxy) is 1. The Balaban J connectivity index is 2.05. The minimum Gasteiger partial charge on any atom is -0.494 e. The molecule has 0 fully saturated rings. The molecule has 1 unspecified atom stereocenters. The summed E-state index contributed by atoms with van der Waals surface area (Å²) in [5.41, 5.74) is 0. The van der Waals surface area contributed by atoms with Gasteiger partial charge < -0.3 is 9.84 Å². The van der Waals surface area contributed by atoms with Crippen LogP contribution in [0.4, 0.5) is 0 Å². The molecule has 3 nitrogen and oxygen atoms in total. The molecule has 1 atom stereocenters. The molecule has 1 N–H and O–H groups in total. The van der Waals surface area contributed by atoms with E-state index in [0.29, 0.717) is 12.4 Å². The van der Waals surface area contributed by atoms with E-state index < -0.39 is 6.10 Å². The average Bonchev–Trinajstić information content (AvgIpc) is 2.32. The Kier molecular flexibility index (Phi) is 6.63. The van der Waals surface area contributed by atoms with Gasteiger partial charge in [-0.15, -0.1) is 0 Å². The molecule has 0 saturated carbocycles. The number of allylic oxidation sites excluding steroid dienone is 1. The quantitative estimate of drug-likeness (QED) is 0.661. The zero-order valence-electron chi connectivity index (χ0n) is 10.5. The molecule has 0 aromatic heterocycles. The molecule has 0 amide bonds. The smallest absolute Gasteiger partial charge is 0.188 e. The van der Waals surface area contributed by atoms with Crippen LogP contribution in [0.15, 0.2) is 24.0 Å². The van der Waals surface area contributed by atoms with Crippen LogP contribution in [0.25, 0.3) is 0 Å². The third-order valence-corrected chi connectivity index (χ3v) is 2.79. The fourth-order valence-corrected chi connectivity index (χ4v) is 1.72. The van der Waals surface area contributed by atoms with Crippen molar-refractivity contribution in [3.8, 4) is 0 Å². The normalized spacial score (nSPS) is 19.3. The largest absolute Gasteiger partial charge is 0.494 e. The van der Waals surface area contributed by atoms with Gasteiger partial charge in [0.1, 0.15) is 11.9 Å². The van der Waals surface area contributed by atoms with Crippen LogP contribution in [0.1, 0.15) is 45.4 Å². The monoisotopic (exact) mass is 238 g/mol. The van der Waals surface area contributed by atoms with E-state index >= 15 is 0 Å². The Hall–Kier alpha value is -1.09. The summed E-state index contributed by atoms with van der Waals surface area (Å²) in [7, 11) is 0. The molecule has 0 aromatic rings. The van der Waals surface area contributed by atoms with Gasteiger partial charge in [0, 0.05) is 0 Å². The number of ketones is 1. The first-order valence-corrected chi connectivity index (χ1v) is 6.48. The average molecular weight is 238 g/mol. The number of carbonyl (C=O) groups is 1. The van der Waals surface area contributed by atoms with E-state index in [9.17, 15) is 9.90 Å². The number of carbonyl (C=O) groups excluding carboxylic acids is 1. The number of aliphatic hydroxyl groups excluding tert-OH is 1. The second-order valence-electron chi connectivity index (χ2n) is 4.37. The number of rotatable bonds is 8. The summed E-state index contributed by atoms with van der Waals surface area (Å²) >= 11 is 0. The predicted octanol–water partition coefficient (Wildman–Crippen LogP) is 2.75. The third kappa shape index (κ3) is 5.68. The van der Waals surface area contributed by atoms with Crippen LogP contribution in [-0.4, -0.2) is 23.6 Å². The molecule has 0 heterocycles. The van der Waals surface area contributed by atoms with E-state index in [0.717, 1.165) is 6.42 Å². The number of aliphatic hydroxyl groups is 1. The van der Waals surface area contributed by atoms with Crippen LogP contribution in [0.5, 0.6) is 0 Å². The molecular weight excluding hydrogens is 216 g/mol. The number of unbranched alkanes of at least 4 members (excludes halogenated alkanes) is 5. The van der Waals surface area contributed by atoms with E-state index in [1.54, 1.807) is 6.08 Å². The van der Waals surface area contributed by atoms with E-state index in [-0.39, 0.29) is 5.78 Å². The van der Waals surface area contributed by atoms with Crippen molar-refractivity contribution in [3.63, 3.8) is 0 Å². The van der Waals surface area contributed by atoms with E-state index in [2.05, 4.69) is 6.92 Å². The molecule has 1 aliphatic carbocycles. The topological polar surface area (TPSA) is 46.5 Å². The van der Waals surface area contributed by atoms with Crippen molar-refractivity contribution in [1.82, 2.24) is 0 Å². The molecule has 0 bridgehead atoms. The fraction of sp³-hybridized carbons (Fsp3) is 0.643. The summed E-state index contributed by atoms with van der Waals surface area (Å²) in [5, 5.41) is 9.29. The highest BCUT2D eigenvalue weighted by molar-refractivity contribution is 5.96. The second kappa shape index (κ2) is 8.07. The molecule has 96 valence electrons. The van der Waals surface area contributed by atoms with Gasteiger partial charge in [-0.2, -0.15) is 0 Å². The first-order valence-electron chi connectivity index (χ1n) is 6.48. The standard InChI is InChI=1S/C14H22O3/c1-2-3-4-5-6-7-10-17-12-8-9-13(15)14(16)11-12/h8-9,11,14,16H,2-7,10H2,1H3. The maximum Gasteiger partial charge on any atom is 0.188 e. The van der Waals surface area contributed by atoms with Crippen LogP contribution in [-0.2, 0) is 9.53 Å². The fourth-order valence-electron chi connectivity index (χ4n) is 1.72. The molecule has 1 aliphatic rings. The van der Waals surface area contributed by atoms with Crippen molar-refractivity contribution in [1.29, 1.82) is 0 Å². The molecule has 1 rings (SSSR count). The zero-order valence-corrected chi connectivity index (χ0v) is 10.5. The Morgan fingerprint density at radius 1 is 1.18 bits per heavy atom. The van der Waals surface area contributed by atoms with Crippen molar-refractivity contribution in [2.45, 2.75) is 51.6 Å². The van der Waals surface area contributed by atoms with Gasteiger partial charge in [0.25, 0.3) is 0 Å². The van der Waals surface area contributed by atoms with Crippen molar-refractivity contribution < 1.29 is 14.6 Å². The molecule has 3 heteroatoms. The highest BCUT2D eigenvalue weighted by Crippen LogP contribution is 2.11. The van der Waals surface area contributed by atoms with Crippen LogP contribution >= 0.6 is 0 Å². The molecule has 0 saturated heterocycles. The highest BCUT2D eigenvalue weighted by atomic mass is 16.5. The van der Waals surface area contributed by atoms with Crippen LogP contribution in [0, 0.1) is 0 Å². The summed E-state index contributed by atoms with van der Waals surface area (Å²) in [6.07, 6.45) is 10.7. The number of hydrogen-bond acceptors (Lipinski definition) is 3. The van der Waals surface area contributed by atoms with E-state index in [4.69, 9.17) is 4.74 Å². The lowest BCUT2D eigenvalue weighted by molar-refractivity contribution is -0.120. The van der Waals surface area contributed by atoms with Crippen molar-refractivity contribution in [2.75, 3.05) is 6.61 Å². The predicted molar refractivity (Wildman–Crippen MR) is 67.6 cm³/mol. The maximum atomic E-state index is 11.0.